The molecule has 0 saturated heterocycles. The van der Waals surface area contributed by atoms with Crippen LogP contribution in [-0.2, 0) is 0 Å². The maximum atomic E-state index is 3.20. The van der Waals surface area contributed by atoms with Crippen LogP contribution >= 0.6 is 15.9 Å². The van der Waals surface area contributed by atoms with Crippen molar-refractivity contribution in [3.8, 4) is 11.8 Å². The van der Waals surface area contributed by atoms with Crippen molar-refractivity contribution in [1.29, 1.82) is 0 Å². The van der Waals surface area contributed by atoms with E-state index in [0.29, 0.717) is 5.92 Å². The van der Waals surface area contributed by atoms with E-state index in [1.165, 1.54) is 0 Å². The van der Waals surface area contributed by atoms with Gasteiger partial charge >= 0.3 is 0 Å². The van der Waals surface area contributed by atoms with Gasteiger partial charge in [-0.1, -0.05) is 41.6 Å². The normalized spacial score (nSPS) is 8.00. The quantitative estimate of drug-likeness (QED) is 0.376. The lowest BCUT2D eigenvalue weighted by Gasteiger charge is -1.83. The lowest BCUT2D eigenvalue weighted by Crippen LogP contribution is -1.76. The summed E-state index contributed by atoms with van der Waals surface area (Å²) in [4.78, 5) is 0. The molecule has 0 aliphatic rings. The smallest absolute Gasteiger partial charge is 0.0645 e. The van der Waals surface area contributed by atoms with Crippen molar-refractivity contribution in [2.75, 3.05) is 5.33 Å². The molecule has 0 radical (unpaired) electrons. The lowest BCUT2D eigenvalue weighted by atomic mass is 10.2. The molecule has 1 heteroatoms. The Labute approximate surface area is 53.4 Å². The van der Waals surface area contributed by atoms with Gasteiger partial charge in [-0.25, -0.2) is 0 Å². The fourth-order valence-corrected chi connectivity index (χ4v) is 0.405. The molecule has 0 aromatic carbocycles. The Balaban J connectivity index is 3.24. The third-order valence-electron chi connectivity index (χ3n) is 0.458. The fraction of sp³-hybridized carbons (Fsp3) is 0.667. The van der Waals surface area contributed by atoms with Crippen molar-refractivity contribution in [3.05, 3.63) is 0 Å². The third-order valence-corrected chi connectivity index (χ3v) is 0.738. The Morgan fingerprint density at radius 1 is 1.57 bits per heavy atom. The molecular weight excluding hydrogens is 152 g/mol. The van der Waals surface area contributed by atoms with Crippen LogP contribution in [0.25, 0.3) is 0 Å². The van der Waals surface area contributed by atoms with Gasteiger partial charge in [0, 0.05) is 5.92 Å². The Hall–Kier alpha value is 0.0400. The van der Waals surface area contributed by atoms with E-state index in [0.717, 1.165) is 5.33 Å². The number of halogens is 1. The van der Waals surface area contributed by atoms with Crippen molar-refractivity contribution in [2.45, 2.75) is 13.8 Å². The first kappa shape index (κ1) is 7.04. The molecule has 0 aliphatic heterocycles. The minimum Gasteiger partial charge on any atom is -0.0996 e. The summed E-state index contributed by atoms with van der Waals surface area (Å²) >= 11 is 3.20. The second kappa shape index (κ2) is 4.21. The molecule has 40 valence electrons. The van der Waals surface area contributed by atoms with E-state index in [2.05, 4.69) is 41.6 Å². The number of hydrogen-bond donors (Lipinski definition) is 0. The molecule has 0 rings (SSSR count). The van der Waals surface area contributed by atoms with E-state index < -0.39 is 0 Å². The number of rotatable bonds is 0. The highest BCUT2D eigenvalue weighted by Gasteiger charge is 1.77. The molecule has 0 aromatic rings. The van der Waals surface area contributed by atoms with Gasteiger partial charge in [0.25, 0.3) is 0 Å². The van der Waals surface area contributed by atoms with Crippen LogP contribution < -0.4 is 0 Å². The largest absolute Gasteiger partial charge is 0.0996 e. The summed E-state index contributed by atoms with van der Waals surface area (Å²) in [5.74, 6) is 6.42. The zero-order valence-electron chi connectivity index (χ0n) is 4.66. The molecule has 0 atom stereocenters. The van der Waals surface area contributed by atoms with Gasteiger partial charge < -0.3 is 0 Å². The maximum Gasteiger partial charge on any atom is 0.0645 e. The zero-order valence-corrected chi connectivity index (χ0v) is 6.25. The summed E-state index contributed by atoms with van der Waals surface area (Å²) in [6.07, 6.45) is 0. The number of alkyl halides is 1. The van der Waals surface area contributed by atoms with Gasteiger partial charge in [0.15, 0.2) is 0 Å². The topological polar surface area (TPSA) is 0 Å². The van der Waals surface area contributed by atoms with E-state index in [1.54, 1.807) is 0 Å². The van der Waals surface area contributed by atoms with Gasteiger partial charge in [-0.3, -0.25) is 0 Å². The Morgan fingerprint density at radius 3 is 2.29 bits per heavy atom. The van der Waals surface area contributed by atoms with Crippen LogP contribution in [0.5, 0.6) is 0 Å². The van der Waals surface area contributed by atoms with Crippen LogP contribution in [0, 0.1) is 17.8 Å². The van der Waals surface area contributed by atoms with Crippen LogP contribution in [0.4, 0.5) is 0 Å². The van der Waals surface area contributed by atoms with Crippen LogP contribution in [0.2, 0.25) is 0 Å². The molecule has 0 unspecified atom stereocenters. The molecular formula is C6H9Br. The Kier molecular flexibility index (Phi) is 4.23. The van der Waals surface area contributed by atoms with E-state index in [-0.39, 0.29) is 0 Å². The lowest BCUT2D eigenvalue weighted by molar-refractivity contribution is 0.866. The van der Waals surface area contributed by atoms with Gasteiger partial charge in [0.1, 0.15) is 0 Å². The molecule has 0 fully saturated rings. The van der Waals surface area contributed by atoms with Gasteiger partial charge in [0.2, 0.25) is 0 Å². The summed E-state index contributed by atoms with van der Waals surface area (Å²) in [5.41, 5.74) is 0. The zero-order chi connectivity index (χ0) is 5.70. The van der Waals surface area contributed by atoms with Crippen LogP contribution in [0.15, 0.2) is 0 Å². The minimum atomic E-state index is 0.512. The molecule has 7 heavy (non-hydrogen) atoms. The van der Waals surface area contributed by atoms with Crippen molar-refractivity contribution in [2.24, 2.45) is 5.92 Å². The summed E-state index contributed by atoms with van der Waals surface area (Å²) in [5, 5.41) is 0.797. The predicted octanol–water partition coefficient (Wildman–Crippen LogP) is 2.04. The highest BCUT2D eigenvalue weighted by Crippen LogP contribution is 1.85. The SMILES string of the molecule is CC(C)C#CCBr. The van der Waals surface area contributed by atoms with Crippen LogP contribution in [0.3, 0.4) is 0 Å². The Bertz CT molecular complexity index is 84.1. The van der Waals surface area contributed by atoms with Gasteiger partial charge in [0.05, 0.1) is 5.33 Å². The van der Waals surface area contributed by atoms with Crippen LogP contribution in [0.1, 0.15) is 13.8 Å². The van der Waals surface area contributed by atoms with Crippen LogP contribution in [-0.4, -0.2) is 5.33 Å². The van der Waals surface area contributed by atoms with Gasteiger partial charge in [-0.05, 0) is 0 Å². The van der Waals surface area contributed by atoms with Gasteiger partial charge in [-0.2, -0.15) is 0 Å². The van der Waals surface area contributed by atoms with Crippen molar-refractivity contribution >= 4 is 15.9 Å². The minimum absolute atomic E-state index is 0.512. The standard InChI is InChI=1S/C6H9Br/c1-6(2)4-3-5-7/h6H,5H2,1-2H3. The number of hydrogen-bond acceptors (Lipinski definition) is 0. The molecule has 0 nitrogen and oxygen atoms in total. The molecule has 0 spiro atoms. The average molecular weight is 161 g/mol. The summed E-state index contributed by atoms with van der Waals surface area (Å²) in [6.45, 7) is 4.16. The van der Waals surface area contributed by atoms with Gasteiger partial charge in [-0.15, -0.1) is 0 Å². The second-order valence-electron chi connectivity index (χ2n) is 1.61. The molecule has 0 aliphatic carbocycles. The molecule has 0 saturated carbocycles. The fourth-order valence-electron chi connectivity index (χ4n) is 0.243. The van der Waals surface area contributed by atoms with E-state index in [1.807, 2.05) is 0 Å². The Morgan fingerprint density at radius 2 is 2.14 bits per heavy atom. The highest BCUT2D eigenvalue weighted by atomic mass is 79.9. The van der Waals surface area contributed by atoms with Crippen molar-refractivity contribution in [3.63, 3.8) is 0 Å². The second-order valence-corrected chi connectivity index (χ2v) is 2.17. The first-order chi connectivity index (χ1) is 3.27. The highest BCUT2D eigenvalue weighted by molar-refractivity contribution is 9.09. The molecule has 0 aromatic heterocycles. The molecule has 0 amide bonds. The average Bonchev–Trinajstić information content (AvgIpc) is 1.61. The first-order valence-electron chi connectivity index (χ1n) is 2.31. The predicted molar refractivity (Wildman–Crippen MR) is 36.4 cm³/mol. The van der Waals surface area contributed by atoms with E-state index >= 15 is 0 Å². The molecule has 0 bridgehead atoms. The summed E-state index contributed by atoms with van der Waals surface area (Å²) in [6, 6.07) is 0. The third kappa shape index (κ3) is 6.04. The van der Waals surface area contributed by atoms with Crippen molar-refractivity contribution in [1.82, 2.24) is 0 Å². The summed E-state index contributed by atoms with van der Waals surface area (Å²) in [7, 11) is 0. The maximum absolute atomic E-state index is 3.20. The molecule has 0 N–H and O–H groups in total. The summed E-state index contributed by atoms with van der Waals surface area (Å²) < 4.78 is 0. The first-order valence-corrected chi connectivity index (χ1v) is 3.44. The van der Waals surface area contributed by atoms with E-state index in [4.69, 9.17) is 0 Å². The molecule has 0 heterocycles. The van der Waals surface area contributed by atoms with E-state index in [9.17, 15) is 0 Å². The monoisotopic (exact) mass is 160 g/mol. The van der Waals surface area contributed by atoms with Crippen molar-refractivity contribution < 1.29 is 0 Å².